The third kappa shape index (κ3) is 1.59. The number of aromatic amines is 1. The largest absolute Gasteiger partial charge is 0.356 e. The summed E-state index contributed by atoms with van der Waals surface area (Å²) in [5, 5.41) is 0.932. The lowest BCUT2D eigenvalue weighted by Crippen LogP contribution is -2.45. The minimum absolute atomic E-state index is 0.0884. The van der Waals surface area contributed by atoms with Gasteiger partial charge in [0.1, 0.15) is 5.56 Å². The first-order valence-electron chi connectivity index (χ1n) is 5.15. The number of hydrogen-bond donors (Lipinski definition) is 3. The second-order valence-electron chi connectivity index (χ2n) is 3.93. The van der Waals surface area contributed by atoms with E-state index in [2.05, 4.69) is 15.8 Å². The van der Waals surface area contributed by atoms with Crippen molar-refractivity contribution in [3.05, 3.63) is 43.7 Å². The Balaban J connectivity index is 2.48. The minimum atomic E-state index is -0.467. The van der Waals surface area contributed by atoms with Crippen LogP contribution in [-0.2, 0) is 6.54 Å². The SMILES string of the molecule is O=C1NNCc2[nH]c3cc(Cl)cc(Cl)c3c(=O)c21. The number of halogens is 2. The molecule has 0 spiro atoms. The first kappa shape index (κ1) is 11.5. The number of pyridine rings is 1. The molecule has 2 heterocycles. The first-order valence-corrected chi connectivity index (χ1v) is 5.90. The molecule has 92 valence electrons. The highest BCUT2D eigenvalue weighted by Gasteiger charge is 2.23. The summed E-state index contributed by atoms with van der Waals surface area (Å²) in [6.07, 6.45) is 0. The predicted molar refractivity (Wildman–Crippen MR) is 68.9 cm³/mol. The van der Waals surface area contributed by atoms with Crippen LogP contribution in [0.1, 0.15) is 16.1 Å². The van der Waals surface area contributed by atoms with Crippen molar-refractivity contribution < 1.29 is 4.79 Å². The van der Waals surface area contributed by atoms with Crippen molar-refractivity contribution in [2.75, 3.05) is 0 Å². The van der Waals surface area contributed by atoms with Crippen LogP contribution in [-0.4, -0.2) is 10.9 Å². The van der Waals surface area contributed by atoms with E-state index in [0.29, 0.717) is 22.8 Å². The van der Waals surface area contributed by atoms with Crippen molar-refractivity contribution in [2.24, 2.45) is 0 Å². The normalized spacial score (nSPS) is 14.4. The van der Waals surface area contributed by atoms with Gasteiger partial charge >= 0.3 is 0 Å². The zero-order valence-electron chi connectivity index (χ0n) is 8.93. The average molecular weight is 284 g/mol. The van der Waals surface area contributed by atoms with Gasteiger partial charge in [-0.2, -0.15) is 0 Å². The number of nitrogens with one attached hydrogen (secondary N) is 3. The molecule has 0 unspecified atom stereocenters. The number of benzene rings is 1. The lowest BCUT2D eigenvalue weighted by molar-refractivity contribution is 0.0917. The number of carbonyl (C=O) groups excluding carboxylic acids is 1. The quantitative estimate of drug-likeness (QED) is 0.687. The van der Waals surface area contributed by atoms with Gasteiger partial charge in [-0.15, -0.1) is 0 Å². The van der Waals surface area contributed by atoms with Gasteiger partial charge in [-0.3, -0.25) is 15.0 Å². The van der Waals surface area contributed by atoms with E-state index in [-0.39, 0.29) is 21.4 Å². The fraction of sp³-hybridized carbons (Fsp3) is 0.0909. The molecule has 0 fully saturated rings. The fourth-order valence-corrected chi connectivity index (χ4v) is 2.62. The maximum Gasteiger partial charge on any atom is 0.271 e. The van der Waals surface area contributed by atoms with E-state index in [1.807, 2.05) is 0 Å². The second kappa shape index (κ2) is 3.98. The highest BCUT2D eigenvalue weighted by atomic mass is 35.5. The molecular weight excluding hydrogens is 277 g/mol. The molecule has 0 aliphatic carbocycles. The Morgan fingerprint density at radius 1 is 1.17 bits per heavy atom. The molecule has 1 aromatic heterocycles. The van der Waals surface area contributed by atoms with Crippen LogP contribution in [0.2, 0.25) is 10.0 Å². The Labute approximate surface area is 111 Å². The molecular formula is C11H7Cl2N3O2. The van der Waals surface area contributed by atoms with Crippen LogP contribution >= 0.6 is 23.2 Å². The summed E-state index contributed by atoms with van der Waals surface area (Å²) in [7, 11) is 0. The molecule has 3 N–H and O–H groups in total. The van der Waals surface area contributed by atoms with Crippen molar-refractivity contribution in [1.29, 1.82) is 0 Å². The van der Waals surface area contributed by atoms with E-state index in [1.54, 1.807) is 6.07 Å². The lowest BCUT2D eigenvalue weighted by atomic mass is 10.1. The highest BCUT2D eigenvalue weighted by Crippen LogP contribution is 2.25. The number of H-pyrrole nitrogens is 1. The lowest BCUT2D eigenvalue weighted by Gasteiger charge is -2.17. The zero-order chi connectivity index (χ0) is 12.9. The van der Waals surface area contributed by atoms with E-state index in [1.165, 1.54) is 6.07 Å². The van der Waals surface area contributed by atoms with Crippen LogP contribution in [0, 0.1) is 0 Å². The fourth-order valence-electron chi connectivity index (χ4n) is 2.04. The van der Waals surface area contributed by atoms with Gasteiger partial charge in [0.2, 0.25) is 5.43 Å². The Hall–Kier alpha value is -1.56. The number of hydrogen-bond acceptors (Lipinski definition) is 3. The molecule has 3 rings (SSSR count). The number of fused-ring (bicyclic) bond motifs is 2. The van der Waals surface area contributed by atoms with E-state index in [4.69, 9.17) is 23.2 Å². The second-order valence-corrected chi connectivity index (χ2v) is 4.77. The van der Waals surface area contributed by atoms with Gasteiger partial charge < -0.3 is 4.98 Å². The molecule has 0 saturated heterocycles. The van der Waals surface area contributed by atoms with Crippen molar-refractivity contribution in [1.82, 2.24) is 15.8 Å². The van der Waals surface area contributed by atoms with Crippen molar-refractivity contribution in [3.8, 4) is 0 Å². The van der Waals surface area contributed by atoms with E-state index < -0.39 is 5.91 Å². The van der Waals surface area contributed by atoms with Gasteiger partial charge in [0.25, 0.3) is 5.91 Å². The maximum absolute atomic E-state index is 12.3. The van der Waals surface area contributed by atoms with Gasteiger partial charge in [-0.1, -0.05) is 23.2 Å². The Kier molecular flexibility index (Phi) is 2.55. The molecule has 1 aliphatic rings. The number of rotatable bonds is 0. The number of aromatic nitrogens is 1. The Bertz CT molecular complexity index is 739. The molecule has 7 heteroatoms. The van der Waals surface area contributed by atoms with Gasteiger partial charge in [-0.05, 0) is 12.1 Å². The van der Waals surface area contributed by atoms with Crippen molar-refractivity contribution in [2.45, 2.75) is 6.54 Å². The third-order valence-corrected chi connectivity index (χ3v) is 3.31. The topological polar surface area (TPSA) is 74.0 Å². The van der Waals surface area contributed by atoms with E-state index in [0.717, 1.165) is 0 Å². The smallest absolute Gasteiger partial charge is 0.271 e. The standard InChI is InChI=1S/C11H7Cl2N3O2/c12-4-1-5(13)8-6(2-4)15-7-3-14-16-11(18)9(7)10(8)17/h1-2,14H,3H2,(H,15,17)(H,16,18). The molecule has 1 aromatic carbocycles. The van der Waals surface area contributed by atoms with Gasteiger partial charge in [0, 0.05) is 10.7 Å². The predicted octanol–water partition coefficient (Wildman–Crippen LogP) is 1.58. The van der Waals surface area contributed by atoms with Crippen LogP contribution in [0.5, 0.6) is 0 Å². The summed E-state index contributed by atoms with van der Waals surface area (Å²) in [5.74, 6) is -0.467. The van der Waals surface area contributed by atoms with Crippen LogP contribution in [0.15, 0.2) is 16.9 Å². The van der Waals surface area contributed by atoms with Gasteiger partial charge in [-0.25, -0.2) is 5.43 Å². The first-order chi connectivity index (χ1) is 8.58. The summed E-state index contributed by atoms with van der Waals surface area (Å²) < 4.78 is 0. The summed E-state index contributed by atoms with van der Waals surface area (Å²) >= 11 is 11.9. The Morgan fingerprint density at radius 3 is 2.72 bits per heavy atom. The number of amides is 1. The van der Waals surface area contributed by atoms with Gasteiger partial charge in [0.15, 0.2) is 0 Å². The summed E-state index contributed by atoms with van der Waals surface area (Å²) in [6, 6.07) is 3.09. The number of carbonyl (C=O) groups is 1. The third-order valence-electron chi connectivity index (χ3n) is 2.79. The molecule has 1 aliphatic heterocycles. The highest BCUT2D eigenvalue weighted by molar-refractivity contribution is 6.38. The summed E-state index contributed by atoms with van der Waals surface area (Å²) in [6.45, 7) is 0.344. The van der Waals surface area contributed by atoms with Gasteiger partial charge in [0.05, 0.1) is 22.5 Å². The van der Waals surface area contributed by atoms with Crippen molar-refractivity contribution in [3.63, 3.8) is 0 Å². The number of hydrazine groups is 1. The molecule has 0 bridgehead atoms. The summed E-state index contributed by atoms with van der Waals surface area (Å²) in [4.78, 5) is 27.0. The molecule has 0 atom stereocenters. The van der Waals surface area contributed by atoms with E-state index >= 15 is 0 Å². The Morgan fingerprint density at radius 2 is 1.94 bits per heavy atom. The monoisotopic (exact) mass is 283 g/mol. The molecule has 0 saturated carbocycles. The average Bonchev–Trinajstić information content (AvgIpc) is 2.27. The zero-order valence-corrected chi connectivity index (χ0v) is 10.4. The summed E-state index contributed by atoms with van der Waals surface area (Å²) in [5.41, 5.74) is 5.82. The minimum Gasteiger partial charge on any atom is -0.356 e. The molecule has 18 heavy (non-hydrogen) atoms. The maximum atomic E-state index is 12.3. The van der Waals surface area contributed by atoms with E-state index in [9.17, 15) is 9.59 Å². The van der Waals surface area contributed by atoms with Crippen LogP contribution in [0.25, 0.3) is 10.9 Å². The molecule has 0 radical (unpaired) electrons. The van der Waals surface area contributed by atoms with Crippen LogP contribution < -0.4 is 16.3 Å². The molecule has 2 aromatic rings. The van der Waals surface area contributed by atoms with Crippen LogP contribution in [0.3, 0.4) is 0 Å². The van der Waals surface area contributed by atoms with Crippen molar-refractivity contribution >= 4 is 40.0 Å². The molecule has 1 amide bonds. The molecule has 5 nitrogen and oxygen atoms in total. The van der Waals surface area contributed by atoms with Crippen LogP contribution in [0.4, 0.5) is 0 Å².